The zero-order chi connectivity index (χ0) is 20.4. The molecule has 0 radical (unpaired) electrons. The van der Waals surface area contributed by atoms with Crippen molar-refractivity contribution in [1.82, 2.24) is 19.9 Å². The largest absolute Gasteiger partial charge is 0.497 e. The van der Waals surface area contributed by atoms with Crippen molar-refractivity contribution in [3.63, 3.8) is 0 Å². The number of hydrogen-bond acceptors (Lipinski definition) is 6. The number of anilines is 2. The van der Waals surface area contributed by atoms with Gasteiger partial charge in [0.05, 0.1) is 24.0 Å². The normalized spacial score (nSPS) is 10.9. The van der Waals surface area contributed by atoms with Gasteiger partial charge >= 0.3 is 0 Å². The fourth-order valence-electron chi connectivity index (χ4n) is 3.14. The van der Waals surface area contributed by atoms with E-state index in [4.69, 9.17) is 4.74 Å². The van der Waals surface area contributed by atoms with E-state index in [9.17, 15) is 4.79 Å². The van der Waals surface area contributed by atoms with Gasteiger partial charge in [0, 0.05) is 17.0 Å². The van der Waals surface area contributed by atoms with Crippen molar-refractivity contribution in [2.24, 2.45) is 0 Å². The molecule has 0 unspecified atom stereocenters. The van der Waals surface area contributed by atoms with Gasteiger partial charge in [0.1, 0.15) is 5.75 Å². The summed E-state index contributed by atoms with van der Waals surface area (Å²) in [6, 6.07) is 15.0. The molecule has 0 saturated heterocycles. The SMILES string of the molecule is CCc1ccc2nc(Nc3nc(-c4ccc(OC)cc4)cc(=O)[nH]3)nc(C)c2c1. The number of nitrogens with one attached hydrogen (secondary N) is 2. The van der Waals surface area contributed by atoms with E-state index >= 15 is 0 Å². The maximum Gasteiger partial charge on any atom is 0.252 e. The number of ether oxygens (including phenoxy) is 1. The minimum atomic E-state index is -0.265. The van der Waals surface area contributed by atoms with Crippen LogP contribution in [0.15, 0.2) is 53.3 Å². The minimum absolute atomic E-state index is 0.265. The summed E-state index contributed by atoms with van der Waals surface area (Å²) in [4.78, 5) is 28.4. The van der Waals surface area contributed by atoms with Gasteiger partial charge in [-0.1, -0.05) is 13.0 Å². The molecule has 0 aliphatic heterocycles. The van der Waals surface area contributed by atoms with Gasteiger partial charge in [0.25, 0.3) is 5.56 Å². The zero-order valence-corrected chi connectivity index (χ0v) is 16.5. The molecule has 4 aromatic rings. The maximum atomic E-state index is 12.1. The van der Waals surface area contributed by atoms with Gasteiger partial charge in [0.15, 0.2) is 0 Å². The number of benzene rings is 2. The molecule has 0 aliphatic carbocycles. The fourth-order valence-corrected chi connectivity index (χ4v) is 3.14. The molecule has 2 aromatic carbocycles. The van der Waals surface area contributed by atoms with Crippen LogP contribution in [0.25, 0.3) is 22.2 Å². The number of aromatic amines is 1. The molecule has 146 valence electrons. The number of methoxy groups -OCH3 is 1. The summed E-state index contributed by atoms with van der Waals surface area (Å²) in [5, 5.41) is 4.04. The Balaban J connectivity index is 1.68. The third-order valence-electron chi connectivity index (χ3n) is 4.72. The number of aryl methyl sites for hydroxylation is 2. The lowest BCUT2D eigenvalue weighted by Crippen LogP contribution is -2.12. The topological polar surface area (TPSA) is 92.8 Å². The Hall–Kier alpha value is -3.74. The van der Waals surface area contributed by atoms with Crippen molar-refractivity contribution < 1.29 is 4.74 Å². The van der Waals surface area contributed by atoms with E-state index in [1.54, 1.807) is 7.11 Å². The molecule has 0 spiro atoms. The fraction of sp³-hybridized carbons (Fsp3) is 0.182. The molecule has 0 saturated carbocycles. The van der Waals surface area contributed by atoms with E-state index in [-0.39, 0.29) is 11.5 Å². The molecular formula is C22H21N5O2. The number of H-pyrrole nitrogens is 1. The molecule has 0 bridgehead atoms. The Kier molecular flexibility index (Phi) is 4.95. The van der Waals surface area contributed by atoms with E-state index in [1.807, 2.05) is 37.3 Å². The molecule has 2 heterocycles. The van der Waals surface area contributed by atoms with Crippen LogP contribution in [0.1, 0.15) is 18.2 Å². The Morgan fingerprint density at radius 2 is 1.83 bits per heavy atom. The maximum absolute atomic E-state index is 12.1. The molecule has 2 N–H and O–H groups in total. The number of nitrogens with zero attached hydrogens (tertiary/aromatic N) is 3. The molecule has 0 fully saturated rings. The summed E-state index contributed by atoms with van der Waals surface area (Å²) in [7, 11) is 1.61. The van der Waals surface area contributed by atoms with E-state index in [0.717, 1.165) is 34.3 Å². The molecule has 7 heteroatoms. The monoisotopic (exact) mass is 387 g/mol. The Morgan fingerprint density at radius 1 is 1.03 bits per heavy atom. The molecule has 0 atom stereocenters. The summed E-state index contributed by atoms with van der Waals surface area (Å²) in [6.45, 7) is 4.06. The van der Waals surface area contributed by atoms with Crippen LogP contribution >= 0.6 is 0 Å². The van der Waals surface area contributed by atoms with E-state index in [0.29, 0.717) is 11.6 Å². The van der Waals surface area contributed by atoms with Gasteiger partial charge in [-0.05, 0) is 55.3 Å². The molecule has 2 aromatic heterocycles. The first-order chi connectivity index (χ1) is 14.1. The summed E-state index contributed by atoms with van der Waals surface area (Å²) in [5.41, 5.74) is 4.03. The Labute approximate surface area is 167 Å². The van der Waals surface area contributed by atoms with Crippen LogP contribution in [-0.4, -0.2) is 27.0 Å². The van der Waals surface area contributed by atoms with E-state index in [2.05, 4.69) is 44.3 Å². The van der Waals surface area contributed by atoms with E-state index in [1.165, 1.54) is 11.6 Å². The van der Waals surface area contributed by atoms with Crippen LogP contribution in [0, 0.1) is 6.92 Å². The van der Waals surface area contributed by atoms with Crippen molar-refractivity contribution in [2.45, 2.75) is 20.3 Å². The Morgan fingerprint density at radius 3 is 2.55 bits per heavy atom. The lowest BCUT2D eigenvalue weighted by atomic mass is 10.1. The summed E-state index contributed by atoms with van der Waals surface area (Å²) >= 11 is 0. The second kappa shape index (κ2) is 7.71. The van der Waals surface area contributed by atoms with Crippen molar-refractivity contribution >= 4 is 22.8 Å². The highest BCUT2D eigenvalue weighted by Crippen LogP contribution is 2.22. The van der Waals surface area contributed by atoms with Crippen molar-refractivity contribution in [3.05, 3.63) is 70.1 Å². The summed E-state index contributed by atoms with van der Waals surface area (Å²) < 4.78 is 5.18. The lowest BCUT2D eigenvalue weighted by Gasteiger charge is -2.09. The third-order valence-corrected chi connectivity index (χ3v) is 4.72. The van der Waals surface area contributed by atoms with Crippen molar-refractivity contribution in [3.8, 4) is 17.0 Å². The second-order valence-corrected chi connectivity index (χ2v) is 6.67. The van der Waals surface area contributed by atoms with Gasteiger partial charge in [-0.2, -0.15) is 0 Å². The predicted molar refractivity (Wildman–Crippen MR) is 114 cm³/mol. The van der Waals surface area contributed by atoms with Crippen LogP contribution in [0.4, 0.5) is 11.9 Å². The third kappa shape index (κ3) is 3.94. The van der Waals surface area contributed by atoms with Crippen LogP contribution in [0.2, 0.25) is 0 Å². The van der Waals surface area contributed by atoms with Gasteiger partial charge in [-0.3, -0.25) is 15.1 Å². The minimum Gasteiger partial charge on any atom is -0.497 e. The molecule has 29 heavy (non-hydrogen) atoms. The number of rotatable bonds is 5. The average Bonchev–Trinajstić information content (AvgIpc) is 2.73. The molecule has 7 nitrogen and oxygen atoms in total. The van der Waals surface area contributed by atoms with Gasteiger partial charge < -0.3 is 4.74 Å². The second-order valence-electron chi connectivity index (χ2n) is 6.67. The Bertz CT molecular complexity index is 1230. The van der Waals surface area contributed by atoms with Gasteiger partial charge in [-0.25, -0.2) is 15.0 Å². The zero-order valence-electron chi connectivity index (χ0n) is 16.5. The van der Waals surface area contributed by atoms with Crippen LogP contribution < -0.4 is 15.6 Å². The summed E-state index contributed by atoms with van der Waals surface area (Å²) in [6.07, 6.45) is 0.957. The first kappa shape index (κ1) is 18.6. The molecule has 4 rings (SSSR count). The highest BCUT2D eigenvalue weighted by Gasteiger charge is 2.09. The van der Waals surface area contributed by atoms with Crippen LogP contribution in [0.5, 0.6) is 5.75 Å². The number of fused-ring (bicyclic) bond motifs is 1. The first-order valence-electron chi connectivity index (χ1n) is 9.36. The smallest absolute Gasteiger partial charge is 0.252 e. The average molecular weight is 387 g/mol. The standard InChI is InChI=1S/C22H21N5O2/c1-4-14-5-10-18-17(11-14)13(2)23-21(24-18)27-22-25-19(12-20(28)26-22)15-6-8-16(29-3)9-7-15/h5-12H,4H2,1-3H3,(H2,23,24,25,26,27,28). The van der Waals surface area contributed by atoms with Crippen molar-refractivity contribution in [2.75, 3.05) is 12.4 Å². The highest BCUT2D eigenvalue weighted by atomic mass is 16.5. The first-order valence-corrected chi connectivity index (χ1v) is 9.36. The van der Waals surface area contributed by atoms with Crippen LogP contribution in [-0.2, 0) is 6.42 Å². The molecule has 0 amide bonds. The lowest BCUT2D eigenvalue weighted by molar-refractivity contribution is 0.415. The van der Waals surface area contributed by atoms with Gasteiger partial charge in [0.2, 0.25) is 11.9 Å². The number of aromatic nitrogens is 4. The quantitative estimate of drug-likeness (QED) is 0.538. The predicted octanol–water partition coefficient (Wildman–Crippen LogP) is 4.00. The molecular weight excluding hydrogens is 366 g/mol. The number of hydrogen-bond donors (Lipinski definition) is 2. The van der Waals surface area contributed by atoms with E-state index < -0.39 is 0 Å². The molecule has 0 aliphatic rings. The highest BCUT2D eigenvalue weighted by molar-refractivity contribution is 5.82. The van der Waals surface area contributed by atoms with Gasteiger partial charge in [-0.15, -0.1) is 0 Å². The van der Waals surface area contributed by atoms with Crippen molar-refractivity contribution in [1.29, 1.82) is 0 Å². The summed E-state index contributed by atoms with van der Waals surface area (Å²) in [5.74, 6) is 1.41. The van der Waals surface area contributed by atoms with Crippen LogP contribution in [0.3, 0.4) is 0 Å².